The smallest absolute Gasteiger partial charge is 0.330 e. The molecule has 5 atom stereocenters. The van der Waals surface area contributed by atoms with Crippen LogP contribution in [0.4, 0.5) is 0 Å². The number of rotatable bonds is 19. The molecule has 0 bridgehead atoms. The largest absolute Gasteiger partial charge is 0.493 e. The normalized spacial score (nSPS) is 22.9. The summed E-state index contributed by atoms with van der Waals surface area (Å²) in [6, 6.07) is 13.5. The molecule has 2 saturated heterocycles. The second-order valence-electron chi connectivity index (χ2n) is 15.9. The third-order valence-electron chi connectivity index (χ3n) is 12.2. The Hall–Kier alpha value is -3.38. The van der Waals surface area contributed by atoms with Crippen LogP contribution in [0.25, 0.3) is 0 Å². The molecule has 11 heteroatoms. The molecule has 1 aliphatic carbocycles. The summed E-state index contributed by atoms with van der Waals surface area (Å²) in [5, 5.41) is 12.0. The van der Waals surface area contributed by atoms with Crippen molar-refractivity contribution in [3.05, 3.63) is 53.6 Å². The predicted octanol–water partition coefficient (Wildman–Crippen LogP) is 7.37. The number of carbonyl (C=O) groups is 2. The van der Waals surface area contributed by atoms with Crippen molar-refractivity contribution in [2.75, 3.05) is 74.1 Å². The second kappa shape index (κ2) is 20.7. The first-order valence-electron chi connectivity index (χ1n) is 20.6. The molecule has 11 nitrogen and oxygen atoms in total. The summed E-state index contributed by atoms with van der Waals surface area (Å²) in [5.41, 5.74) is 0.00663. The molecule has 2 aromatic carbocycles. The van der Waals surface area contributed by atoms with Gasteiger partial charge >= 0.3 is 5.97 Å². The number of methoxy groups -OCH3 is 3. The molecule has 2 aliphatic heterocycles. The van der Waals surface area contributed by atoms with Gasteiger partial charge in [0.25, 0.3) is 0 Å². The standard InChI is InChI=1S/C44H66N2O9/c1-7-36(33-15-11-16-35(28-33)54-26-23-45-21-24-53-25-22-45)44(43(48)49)37(34-18-19-38(51-5)39(29-34)52-6)17-12-20-46(44)42(47)41(32-13-9-8-10-14-32)40(27-31(2)3)55-30-50-4/h11,15-16,18-19,28-29,31-32,36-37,40-41H,7-10,12-14,17,20-27,30H2,1-6H3,(H,48,49)/t36?,37?,40-,41+,44?/m1/s1. The summed E-state index contributed by atoms with van der Waals surface area (Å²) in [7, 11) is 4.78. The van der Waals surface area contributed by atoms with Crippen molar-refractivity contribution in [3.63, 3.8) is 0 Å². The molecule has 1 saturated carbocycles. The maximum atomic E-state index is 15.8. The number of carbonyl (C=O) groups excluding carboxylic acids is 1. The van der Waals surface area contributed by atoms with E-state index in [1.165, 1.54) is 0 Å². The molecule has 2 heterocycles. The highest BCUT2D eigenvalue weighted by molar-refractivity contribution is 5.91. The van der Waals surface area contributed by atoms with E-state index in [4.69, 9.17) is 28.4 Å². The van der Waals surface area contributed by atoms with E-state index < -0.39 is 35.4 Å². The number of carboxylic acids is 1. The topological polar surface area (TPSA) is 116 Å². The molecule has 3 unspecified atom stereocenters. The highest BCUT2D eigenvalue weighted by Gasteiger charge is 2.61. The molecule has 3 fully saturated rings. The zero-order chi connectivity index (χ0) is 39.4. The molecule has 55 heavy (non-hydrogen) atoms. The van der Waals surface area contributed by atoms with Gasteiger partial charge in [-0.25, -0.2) is 4.79 Å². The number of nitrogens with zero attached hydrogens (tertiary/aromatic N) is 2. The van der Waals surface area contributed by atoms with Gasteiger partial charge in [0, 0.05) is 45.1 Å². The lowest BCUT2D eigenvalue weighted by Crippen LogP contribution is -2.67. The Morgan fingerprint density at radius 2 is 1.67 bits per heavy atom. The van der Waals surface area contributed by atoms with Crippen LogP contribution in [0, 0.1) is 17.8 Å². The van der Waals surface area contributed by atoms with Gasteiger partial charge in [-0.15, -0.1) is 0 Å². The quantitative estimate of drug-likeness (QED) is 0.145. The Kier molecular flexibility index (Phi) is 16.1. The SMILES string of the molecule is CCC(c1cccc(OCCN2CCOCC2)c1)C1(C(=O)O)C(c2ccc(OC)c(OC)c2)CCCN1C(=O)[C@@H](C1CCCCC1)[C@@H](CC(C)C)OCOC. The number of hydrogen-bond donors (Lipinski definition) is 1. The van der Waals surface area contributed by atoms with Gasteiger partial charge in [0.1, 0.15) is 19.1 Å². The minimum atomic E-state index is -1.63. The number of likely N-dealkylation sites (tertiary alicyclic amines) is 1. The van der Waals surface area contributed by atoms with Gasteiger partial charge in [-0.05, 0) is 85.8 Å². The van der Waals surface area contributed by atoms with Crippen LogP contribution in [0.5, 0.6) is 17.2 Å². The van der Waals surface area contributed by atoms with E-state index in [1.807, 2.05) is 49.4 Å². The molecule has 3 aliphatic rings. The van der Waals surface area contributed by atoms with Gasteiger partial charge in [0.05, 0.1) is 39.5 Å². The Bertz CT molecular complexity index is 1510. The average molecular weight is 767 g/mol. The molecule has 0 aromatic heterocycles. The van der Waals surface area contributed by atoms with Gasteiger partial charge in [0.15, 0.2) is 17.0 Å². The van der Waals surface area contributed by atoms with Crippen LogP contribution in [-0.2, 0) is 23.8 Å². The van der Waals surface area contributed by atoms with Crippen LogP contribution in [0.15, 0.2) is 42.5 Å². The number of aliphatic carboxylic acids is 1. The molecule has 1 amide bonds. The molecule has 306 valence electrons. The fraction of sp³-hybridized carbons (Fsp3) is 0.682. The van der Waals surface area contributed by atoms with Crippen LogP contribution < -0.4 is 14.2 Å². The first kappa shape index (κ1) is 42.8. The number of amides is 1. The number of piperidine rings is 1. The van der Waals surface area contributed by atoms with Crippen LogP contribution in [0.1, 0.15) is 102 Å². The fourth-order valence-corrected chi connectivity index (χ4v) is 9.69. The van der Waals surface area contributed by atoms with E-state index in [0.29, 0.717) is 56.1 Å². The van der Waals surface area contributed by atoms with Crippen molar-refractivity contribution in [1.82, 2.24) is 9.80 Å². The van der Waals surface area contributed by atoms with Gasteiger partial charge in [-0.3, -0.25) is 9.69 Å². The van der Waals surface area contributed by atoms with Gasteiger partial charge in [-0.2, -0.15) is 0 Å². The van der Waals surface area contributed by atoms with Crippen LogP contribution in [0.3, 0.4) is 0 Å². The molecule has 0 spiro atoms. The van der Waals surface area contributed by atoms with E-state index in [0.717, 1.165) is 76.1 Å². The minimum absolute atomic E-state index is 0.0716. The summed E-state index contributed by atoms with van der Waals surface area (Å²) in [4.78, 5) is 34.5. The monoisotopic (exact) mass is 766 g/mol. The summed E-state index contributed by atoms with van der Waals surface area (Å²) >= 11 is 0. The third kappa shape index (κ3) is 9.96. The maximum Gasteiger partial charge on any atom is 0.330 e. The van der Waals surface area contributed by atoms with Crippen molar-refractivity contribution in [1.29, 1.82) is 0 Å². The number of morpholine rings is 1. The Morgan fingerprint density at radius 3 is 2.33 bits per heavy atom. The van der Waals surface area contributed by atoms with Gasteiger partial charge < -0.3 is 38.4 Å². The first-order chi connectivity index (χ1) is 26.7. The lowest BCUT2D eigenvalue weighted by atomic mass is 9.62. The zero-order valence-corrected chi connectivity index (χ0v) is 34.1. The van der Waals surface area contributed by atoms with E-state index in [1.54, 1.807) is 26.2 Å². The number of benzene rings is 2. The average Bonchev–Trinajstić information content (AvgIpc) is 3.20. The molecule has 0 radical (unpaired) electrons. The highest BCUT2D eigenvalue weighted by atomic mass is 16.7. The Labute approximate surface area is 328 Å². The third-order valence-corrected chi connectivity index (χ3v) is 12.2. The van der Waals surface area contributed by atoms with Crippen LogP contribution in [0.2, 0.25) is 0 Å². The fourth-order valence-electron chi connectivity index (χ4n) is 9.69. The van der Waals surface area contributed by atoms with E-state index in [-0.39, 0.29) is 24.5 Å². The number of hydrogen-bond acceptors (Lipinski definition) is 9. The lowest BCUT2D eigenvalue weighted by molar-refractivity contribution is -0.177. The van der Waals surface area contributed by atoms with E-state index >= 15 is 4.79 Å². The van der Waals surface area contributed by atoms with Gasteiger partial charge in [-0.1, -0.05) is 58.2 Å². The molecular formula is C44H66N2O9. The zero-order valence-electron chi connectivity index (χ0n) is 34.1. The highest BCUT2D eigenvalue weighted by Crippen LogP contribution is 2.53. The van der Waals surface area contributed by atoms with Crippen molar-refractivity contribution in [3.8, 4) is 17.2 Å². The lowest BCUT2D eigenvalue weighted by Gasteiger charge is -2.55. The predicted molar refractivity (Wildman–Crippen MR) is 212 cm³/mol. The Balaban J connectivity index is 1.64. The first-order valence-corrected chi connectivity index (χ1v) is 20.6. The summed E-state index contributed by atoms with van der Waals surface area (Å²) < 4.78 is 35.0. The number of carboxylic acid groups (broad SMARTS) is 1. The van der Waals surface area contributed by atoms with Crippen molar-refractivity contribution in [2.45, 2.75) is 102 Å². The molecule has 1 N–H and O–H groups in total. The van der Waals surface area contributed by atoms with Crippen LogP contribution >= 0.6 is 0 Å². The van der Waals surface area contributed by atoms with E-state index in [9.17, 15) is 9.90 Å². The summed E-state index contributed by atoms with van der Waals surface area (Å²) in [6.07, 6.45) is 7.04. The minimum Gasteiger partial charge on any atom is -0.493 e. The summed E-state index contributed by atoms with van der Waals surface area (Å²) in [5.74, 6) is -0.633. The van der Waals surface area contributed by atoms with E-state index in [2.05, 4.69) is 18.7 Å². The Morgan fingerprint density at radius 1 is 0.927 bits per heavy atom. The van der Waals surface area contributed by atoms with Crippen molar-refractivity contribution >= 4 is 11.9 Å². The van der Waals surface area contributed by atoms with Crippen LogP contribution in [-0.4, -0.2) is 113 Å². The summed E-state index contributed by atoms with van der Waals surface area (Å²) in [6.45, 7) is 11.2. The molecule has 2 aromatic rings. The maximum absolute atomic E-state index is 15.8. The second-order valence-corrected chi connectivity index (χ2v) is 15.9. The van der Waals surface area contributed by atoms with Gasteiger partial charge in [0.2, 0.25) is 5.91 Å². The molecule has 5 rings (SSSR count). The van der Waals surface area contributed by atoms with Crippen molar-refractivity contribution < 1.29 is 43.1 Å². The molecular weight excluding hydrogens is 700 g/mol. The van der Waals surface area contributed by atoms with Crippen molar-refractivity contribution in [2.24, 2.45) is 17.8 Å². The number of ether oxygens (including phenoxy) is 6.